The zero-order valence-electron chi connectivity index (χ0n) is 20.3. The van der Waals surface area contributed by atoms with Crippen LogP contribution in [-0.4, -0.2) is 42.3 Å². The lowest BCUT2D eigenvalue weighted by atomic mass is 9.82. The first-order chi connectivity index (χ1) is 16.8. The Hall–Kier alpha value is -3.35. The van der Waals surface area contributed by atoms with Gasteiger partial charge in [-0.15, -0.1) is 0 Å². The number of ether oxygens (including phenoxy) is 1. The first-order valence-corrected chi connectivity index (χ1v) is 12.5. The summed E-state index contributed by atoms with van der Waals surface area (Å²) < 4.78 is 5.61. The smallest absolute Gasteiger partial charge is 0.407 e. The van der Waals surface area contributed by atoms with Crippen molar-refractivity contribution < 1.29 is 24.2 Å². The Balaban J connectivity index is 1.30. The lowest BCUT2D eigenvalue weighted by molar-refractivity contribution is -0.143. The summed E-state index contributed by atoms with van der Waals surface area (Å²) in [6, 6.07) is 15.6. The minimum Gasteiger partial charge on any atom is -0.481 e. The fourth-order valence-corrected chi connectivity index (χ4v) is 5.27. The highest BCUT2D eigenvalue weighted by molar-refractivity contribution is 5.86. The highest BCUT2D eigenvalue weighted by Crippen LogP contribution is 2.44. The van der Waals surface area contributed by atoms with Crippen LogP contribution >= 0.6 is 0 Å². The van der Waals surface area contributed by atoms with Crippen LogP contribution in [0.4, 0.5) is 4.79 Å². The Morgan fingerprint density at radius 3 is 2.06 bits per heavy atom. The molecule has 0 aliphatic heterocycles. The maximum atomic E-state index is 12.8. The van der Waals surface area contributed by atoms with Crippen LogP contribution in [0, 0.1) is 17.8 Å². The predicted octanol–water partition coefficient (Wildman–Crippen LogP) is 4.56. The van der Waals surface area contributed by atoms with Gasteiger partial charge in [0.05, 0.1) is 5.92 Å². The molecule has 0 unspecified atom stereocenters. The van der Waals surface area contributed by atoms with Crippen LogP contribution in [0.25, 0.3) is 11.1 Å². The zero-order chi connectivity index (χ0) is 24.9. The molecule has 0 radical (unpaired) electrons. The summed E-state index contributed by atoms with van der Waals surface area (Å²) in [5.41, 5.74) is 4.59. The molecule has 4 rings (SSSR count). The van der Waals surface area contributed by atoms with Gasteiger partial charge in [0.25, 0.3) is 0 Å². The van der Waals surface area contributed by atoms with Crippen LogP contribution in [0.3, 0.4) is 0 Å². The highest BCUT2D eigenvalue weighted by atomic mass is 16.5. The number of aliphatic carboxylic acids is 1. The van der Waals surface area contributed by atoms with E-state index >= 15 is 0 Å². The molecule has 2 aromatic carbocycles. The van der Waals surface area contributed by atoms with Crippen LogP contribution in [-0.2, 0) is 14.3 Å². The number of fused-ring (bicyclic) bond motifs is 3. The largest absolute Gasteiger partial charge is 0.481 e. The second kappa shape index (κ2) is 10.9. The molecule has 3 N–H and O–H groups in total. The molecule has 2 aromatic rings. The number of alkyl carbamates (subject to hydrolysis) is 1. The number of carbonyl (C=O) groups excluding carboxylic acids is 2. The van der Waals surface area contributed by atoms with Crippen molar-refractivity contribution >= 4 is 18.0 Å². The molecule has 0 bridgehead atoms. The van der Waals surface area contributed by atoms with Crippen molar-refractivity contribution in [3.05, 3.63) is 59.7 Å². The first-order valence-electron chi connectivity index (χ1n) is 12.5. The molecule has 1 atom stereocenters. The molecule has 2 amide bonds. The Bertz CT molecular complexity index is 1030. The molecular formula is C28H34N2O5. The van der Waals surface area contributed by atoms with Gasteiger partial charge in [-0.05, 0) is 59.8 Å². The van der Waals surface area contributed by atoms with E-state index in [0.29, 0.717) is 19.4 Å². The third kappa shape index (κ3) is 5.66. The van der Waals surface area contributed by atoms with E-state index in [-0.39, 0.29) is 36.2 Å². The average molecular weight is 479 g/mol. The summed E-state index contributed by atoms with van der Waals surface area (Å²) >= 11 is 0. The van der Waals surface area contributed by atoms with Crippen molar-refractivity contribution in [3.63, 3.8) is 0 Å². The van der Waals surface area contributed by atoms with Crippen molar-refractivity contribution in [1.29, 1.82) is 0 Å². The number of hydrogen-bond acceptors (Lipinski definition) is 4. The van der Waals surface area contributed by atoms with Crippen molar-refractivity contribution in [2.45, 2.75) is 51.5 Å². The van der Waals surface area contributed by atoms with Crippen LogP contribution in [0.2, 0.25) is 0 Å². The molecule has 1 fully saturated rings. The SMILES string of the molecule is CC(C)[C@H](NC(=O)OCC1c2ccccc2-c2ccccc21)C(=O)NCC1CCC(C(=O)O)CC1. The maximum absolute atomic E-state index is 12.8. The predicted molar refractivity (Wildman–Crippen MR) is 133 cm³/mol. The summed E-state index contributed by atoms with van der Waals surface area (Å²) in [6.07, 6.45) is 2.23. The average Bonchev–Trinajstić information content (AvgIpc) is 3.18. The number of benzene rings is 2. The normalized spacial score (nSPS) is 20.0. The van der Waals surface area contributed by atoms with E-state index < -0.39 is 18.1 Å². The number of nitrogens with one attached hydrogen (secondary N) is 2. The standard InChI is InChI=1S/C28H34N2O5/c1-17(2)25(26(31)29-15-18-11-13-19(14-12-18)27(32)33)30-28(34)35-16-24-22-9-5-3-7-20(22)21-8-4-6-10-23(21)24/h3-10,17-19,24-25H,11-16H2,1-2H3,(H,29,31)(H,30,34)(H,32,33)/t18?,19?,25-/m0/s1. The summed E-state index contributed by atoms with van der Waals surface area (Å²) in [7, 11) is 0. The second-order valence-corrected chi connectivity index (χ2v) is 9.99. The number of carbonyl (C=O) groups is 3. The molecule has 0 saturated heterocycles. The topological polar surface area (TPSA) is 105 Å². The molecule has 186 valence electrons. The van der Waals surface area contributed by atoms with E-state index in [1.165, 1.54) is 0 Å². The summed E-state index contributed by atoms with van der Waals surface area (Å²) in [6.45, 7) is 4.44. The van der Waals surface area contributed by atoms with Gasteiger partial charge in [-0.1, -0.05) is 62.4 Å². The van der Waals surface area contributed by atoms with Gasteiger partial charge < -0.3 is 20.5 Å². The molecule has 7 nitrogen and oxygen atoms in total. The van der Waals surface area contributed by atoms with E-state index in [0.717, 1.165) is 35.1 Å². The number of hydrogen-bond donors (Lipinski definition) is 3. The van der Waals surface area contributed by atoms with Crippen molar-refractivity contribution in [3.8, 4) is 11.1 Å². The van der Waals surface area contributed by atoms with Gasteiger partial charge in [0.2, 0.25) is 5.91 Å². The number of carboxylic acid groups (broad SMARTS) is 1. The molecule has 35 heavy (non-hydrogen) atoms. The Morgan fingerprint density at radius 2 is 1.51 bits per heavy atom. The van der Waals surface area contributed by atoms with Gasteiger partial charge in [-0.25, -0.2) is 4.79 Å². The van der Waals surface area contributed by atoms with Crippen molar-refractivity contribution in [1.82, 2.24) is 10.6 Å². The highest BCUT2D eigenvalue weighted by Gasteiger charge is 2.31. The van der Waals surface area contributed by atoms with Crippen LogP contribution in [0.15, 0.2) is 48.5 Å². The molecule has 2 aliphatic rings. The molecule has 0 spiro atoms. The second-order valence-electron chi connectivity index (χ2n) is 9.99. The molecule has 2 aliphatic carbocycles. The quantitative estimate of drug-likeness (QED) is 0.516. The fraction of sp³-hybridized carbons (Fsp3) is 0.464. The fourth-order valence-electron chi connectivity index (χ4n) is 5.27. The molecule has 0 heterocycles. The van der Waals surface area contributed by atoms with E-state index in [1.54, 1.807) is 0 Å². The van der Waals surface area contributed by atoms with Gasteiger partial charge in [0, 0.05) is 12.5 Å². The third-order valence-corrected chi connectivity index (χ3v) is 7.33. The number of amides is 2. The van der Waals surface area contributed by atoms with Gasteiger partial charge in [-0.2, -0.15) is 0 Å². The molecular weight excluding hydrogens is 444 g/mol. The summed E-state index contributed by atoms with van der Waals surface area (Å²) in [5, 5.41) is 14.8. The lowest BCUT2D eigenvalue weighted by Crippen LogP contribution is -2.50. The van der Waals surface area contributed by atoms with Gasteiger partial charge >= 0.3 is 12.1 Å². The zero-order valence-corrected chi connectivity index (χ0v) is 20.3. The Kier molecular flexibility index (Phi) is 7.73. The van der Waals surface area contributed by atoms with Crippen LogP contribution in [0.1, 0.15) is 56.6 Å². The van der Waals surface area contributed by atoms with E-state index in [4.69, 9.17) is 9.84 Å². The van der Waals surface area contributed by atoms with Crippen LogP contribution < -0.4 is 10.6 Å². The monoisotopic (exact) mass is 478 g/mol. The lowest BCUT2D eigenvalue weighted by Gasteiger charge is -2.27. The van der Waals surface area contributed by atoms with Crippen molar-refractivity contribution in [2.24, 2.45) is 17.8 Å². The number of rotatable bonds is 8. The van der Waals surface area contributed by atoms with Crippen LogP contribution in [0.5, 0.6) is 0 Å². The third-order valence-electron chi connectivity index (χ3n) is 7.33. The molecule has 1 saturated carbocycles. The van der Waals surface area contributed by atoms with Gasteiger partial charge in [-0.3, -0.25) is 9.59 Å². The summed E-state index contributed by atoms with van der Waals surface area (Å²) in [4.78, 5) is 36.7. The first kappa shape index (κ1) is 24.8. The van der Waals surface area contributed by atoms with Gasteiger partial charge in [0.1, 0.15) is 12.6 Å². The van der Waals surface area contributed by atoms with Crippen molar-refractivity contribution in [2.75, 3.05) is 13.2 Å². The maximum Gasteiger partial charge on any atom is 0.407 e. The molecule has 0 aromatic heterocycles. The summed E-state index contributed by atoms with van der Waals surface area (Å²) in [5.74, 6) is -1.15. The Morgan fingerprint density at radius 1 is 0.943 bits per heavy atom. The number of carboxylic acids is 1. The van der Waals surface area contributed by atoms with E-state index in [1.807, 2.05) is 38.1 Å². The Labute approximate surface area is 206 Å². The van der Waals surface area contributed by atoms with E-state index in [2.05, 4.69) is 34.9 Å². The minimum absolute atomic E-state index is 0.0413. The minimum atomic E-state index is -0.736. The molecule has 7 heteroatoms. The van der Waals surface area contributed by atoms with E-state index in [9.17, 15) is 14.4 Å². The van der Waals surface area contributed by atoms with Gasteiger partial charge in [0.15, 0.2) is 0 Å².